The second-order valence-electron chi connectivity index (χ2n) is 5.22. The fourth-order valence-corrected chi connectivity index (χ4v) is 3.02. The highest BCUT2D eigenvalue weighted by atomic mass is 32.2. The maximum absolute atomic E-state index is 12.9. The lowest BCUT2D eigenvalue weighted by atomic mass is 9.82. The molecule has 0 saturated heterocycles. The average molecular weight is 335 g/mol. The molecule has 0 radical (unpaired) electrons. The molecule has 0 amide bonds. The summed E-state index contributed by atoms with van der Waals surface area (Å²) >= 11 is 1.26. The summed E-state index contributed by atoms with van der Waals surface area (Å²) in [6, 6.07) is 10.2. The molecule has 5 nitrogen and oxygen atoms in total. The molecular formula is C18H13N3O2S. The molecule has 2 aromatic carbocycles. The summed E-state index contributed by atoms with van der Waals surface area (Å²) < 4.78 is 0. The normalized spacial score (nSPS) is 13.1. The van der Waals surface area contributed by atoms with Crippen molar-refractivity contribution in [3.8, 4) is 6.19 Å². The molecule has 0 atom stereocenters. The third kappa shape index (κ3) is 2.49. The third-order valence-electron chi connectivity index (χ3n) is 3.84. The minimum absolute atomic E-state index is 0.185. The van der Waals surface area contributed by atoms with Crippen molar-refractivity contribution in [2.75, 3.05) is 6.26 Å². The van der Waals surface area contributed by atoms with Crippen LogP contribution in [0.4, 0.5) is 5.69 Å². The Morgan fingerprint density at radius 1 is 1.08 bits per heavy atom. The number of benzene rings is 2. The summed E-state index contributed by atoms with van der Waals surface area (Å²) in [7, 11) is 0. The highest BCUT2D eigenvalue weighted by Gasteiger charge is 2.32. The van der Waals surface area contributed by atoms with Gasteiger partial charge in [-0.05, 0) is 24.8 Å². The second kappa shape index (κ2) is 6.30. The van der Waals surface area contributed by atoms with Gasteiger partial charge in [-0.3, -0.25) is 14.9 Å². The van der Waals surface area contributed by atoms with Crippen molar-refractivity contribution in [1.29, 1.82) is 5.26 Å². The van der Waals surface area contributed by atoms with E-state index in [1.54, 1.807) is 42.7 Å². The van der Waals surface area contributed by atoms with E-state index in [9.17, 15) is 9.59 Å². The molecule has 118 valence electrons. The summed E-state index contributed by atoms with van der Waals surface area (Å²) in [5.74, 6) is -0.407. The van der Waals surface area contributed by atoms with Crippen LogP contribution in [0.5, 0.6) is 0 Å². The maximum Gasteiger partial charge on any atom is 0.196 e. The zero-order valence-corrected chi connectivity index (χ0v) is 13.9. The standard InChI is InChI=1S/C18H13N3O2S/c1-10-7-8-13-14(15(10)21-18(24-2)20-9-19)17(23)12-6-4-3-5-11(12)16(13)22/h3-8H,1-2H3,(H,20,21). The summed E-state index contributed by atoms with van der Waals surface area (Å²) in [5, 5.41) is 11.7. The Bertz CT molecular complexity index is 942. The number of fused-ring (bicyclic) bond motifs is 2. The predicted molar refractivity (Wildman–Crippen MR) is 93.8 cm³/mol. The first-order valence-corrected chi connectivity index (χ1v) is 8.40. The summed E-state index contributed by atoms with van der Waals surface area (Å²) in [5.41, 5.74) is 2.63. The molecule has 0 aliphatic heterocycles. The number of carbonyl (C=O) groups excluding carboxylic acids is 2. The number of nitriles is 1. The van der Waals surface area contributed by atoms with Crippen LogP contribution in [-0.4, -0.2) is 23.0 Å². The zero-order valence-electron chi connectivity index (χ0n) is 13.1. The van der Waals surface area contributed by atoms with Crippen LogP contribution in [0, 0.1) is 18.4 Å². The summed E-state index contributed by atoms with van der Waals surface area (Å²) in [4.78, 5) is 30.1. The van der Waals surface area contributed by atoms with E-state index < -0.39 is 0 Å². The SMILES string of the molecule is CSC(=Nc1c(C)ccc2c1C(=O)c1ccccc1C2=O)NC#N. The van der Waals surface area contributed by atoms with Gasteiger partial charge in [0.2, 0.25) is 0 Å². The van der Waals surface area contributed by atoms with Crippen molar-refractivity contribution in [1.82, 2.24) is 5.32 Å². The monoisotopic (exact) mass is 335 g/mol. The molecule has 1 N–H and O–H groups in total. The smallest absolute Gasteiger partial charge is 0.196 e. The predicted octanol–water partition coefficient (Wildman–Crippen LogP) is 3.19. The number of nitrogens with one attached hydrogen (secondary N) is 1. The van der Waals surface area contributed by atoms with Gasteiger partial charge in [0.1, 0.15) is 0 Å². The highest BCUT2D eigenvalue weighted by molar-refractivity contribution is 8.13. The molecule has 0 fully saturated rings. The first kappa shape index (κ1) is 16.0. The number of aliphatic imine (C=N–C) groups is 1. The Balaban J connectivity index is 2.27. The molecule has 0 unspecified atom stereocenters. The molecule has 24 heavy (non-hydrogen) atoms. The molecule has 0 spiro atoms. The van der Waals surface area contributed by atoms with E-state index >= 15 is 0 Å². The van der Waals surface area contributed by atoms with Crippen molar-refractivity contribution < 1.29 is 9.59 Å². The lowest BCUT2D eigenvalue weighted by Crippen LogP contribution is -2.21. The molecule has 0 aromatic heterocycles. The van der Waals surface area contributed by atoms with Crippen LogP contribution in [0.3, 0.4) is 0 Å². The fraction of sp³-hybridized carbons (Fsp3) is 0.111. The molecule has 0 heterocycles. The van der Waals surface area contributed by atoms with Gasteiger partial charge >= 0.3 is 0 Å². The highest BCUT2D eigenvalue weighted by Crippen LogP contribution is 2.35. The molecular weight excluding hydrogens is 322 g/mol. The number of hydrogen-bond donors (Lipinski definition) is 1. The van der Waals surface area contributed by atoms with Crippen molar-refractivity contribution in [2.24, 2.45) is 4.99 Å². The first-order valence-electron chi connectivity index (χ1n) is 7.18. The van der Waals surface area contributed by atoms with Gasteiger partial charge in [-0.1, -0.05) is 42.1 Å². The van der Waals surface area contributed by atoms with E-state index in [4.69, 9.17) is 5.26 Å². The fourth-order valence-electron chi connectivity index (χ4n) is 2.69. The number of carbonyl (C=O) groups is 2. The Morgan fingerprint density at radius 2 is 1.75 bits per heavy atom. The van der Waals surface area contributed by atoms with Crippen LogP contribution in [0.15, 0.2) is 41.4 Å². The second-order valence-corrected chi connectivity index (χ2v) is 6.01. The molecule has 6 heteroatoms. The van der Waals surface area contributed by atoms with Gasteiger partial charge in [0.15, 0.2) is 22.9 Å². The minimum Gasteiger partial charge on any atom is -0.289 e. The van der Waals surface area contributed by atoms with E-state index in [1.807, 2.05) is 13.1 Å². The van der Waals surface area contributed by atoms with Crippen molar-refractivity contribution in [2.45, 2.75) is 6.92 Å². The Hall–Kier alpha value is -2.91. The summed E-state index contributed by atoms with van der Waals surface area (Å²) in [6.07, 6.45) is 3.59. The van der Waals surface area contributed by atoms with Crippen molar-refractivity contribution in [3.63, 3.8) is 0 Å². The Labute approximate surface area is 143 Å². The number of rotatable bonds is 1. The van der Waals surface area contributed by atoms with Gasteiger partial charge in [-0.25, -0.2) is 4.99 Å². The number of nitrogens with zero attached hydrogens (tertiary/aromatic N) is 2. The first-order chi connectivity index (χ1) is 11.6. The molecule has 3 rings (SSSR count). The van der Waals surface area contributed by atoms with E-state index in [1.165, 1.54) is 11.8 Å². The zero-order chi connectivity index (χ0) is 17.3. The number of aryl methyl sites for hydroxylation is 1. The Morgan fingerprint density at radius 3 is 2.38 bits per heavy atom. The van der Waals surface area contributed by atoms with E-state index in [-0.39, 0.29) is 11.6 Å². The number of hydrogen-bond acceptors (Lipinski definition) is 5. The maximum atomic E-state index is 12.9. The lowest BCUT2D eigenvalue weighted by Gasteiger charge is -2.20. The Kier molecular flexibility index (Phi) is 4.19. The van der Waals surface area contributed by atoms with Gasteiger partial charge in [0, 0.05) is 16.7 Å². The third-order valence-corrected chi connectivity index (χ3v) is 4.42. The molecule has 0 saturated carbocycles. The van der Waals surface area contributed by atoms with Gasteiger partial charge < -0.3 is 0 Å². The van der Waals surface area contributed by atoms with Crippen LogP contribution in [0.2, 0.25) is 0 Å². The quantitative estimate of drug-likeness (QED) is 0.320. The van der Waals surface area contributed by atoms with Crippen LogP contribution >= 0.6 is 11.8 Å². The van der Waals surface area contributed by atoms with Crippen molar-refractivity contribution >= 4 is 34.2 Å². The van der Waals surface area contributed by atoms with Gasteiger partial charge in [0.25, 0.3) is 0 Å². The van der Waals surface area contributed by atoms with Crippen LogP contribution in [0.1, 0.15) is 37.4 Å². The van der Waals surface area contributed by atoms with E-state index in [0.29, 0.717) is 33.1 Å². The largest absolute Gasteiger partial charge is 0.289 e. The van der Waals surface area contributed by atoms with Gasteiger partial charge in [0.05, 0.1) is 11.3 Å². The topological polar surface area (TPSA) is 82.3 Å². The van der Waals surface area contributed by atoms with Crippen LogP contribution in [0.25, 0.3) is 0 Å². The minimum atomic E-state index is -0.222. The average Bonchev–Trinajstić information content (AvgIpc) is 2.60. The van der Waals surface area contributed by atoms with Gasteiger partial charge in [-0.2, -0.15) is 5.26 Å². The van der Waals surface area contributed by atoms with Crippen LogP contribution < -0.4 is 5.32 Å². The number of ketones is 2. The van der Waals surface area contributed by atoms with Crippen molar-refractivity contribution in [3.05, 3.63) is 64.2 Å². The number of thioether (sulfide) groups is 1. The van der Waals surface area contributed by atoms with Crippen LogP contribution in [-0.2, 0) is 0 Å². The molecule has 0 bridgehead atoms. The molecule has 1 aliphatic carbocycles. The summed E-state index contributed by atoms with van der Waals surface area (Å²) in [6.45, 7) is 1.82. The van der Waals surface area contributed by atoms with Gasteiger partial charge in [-0.15, -0.1) is 0 Å². The van der Waals surface area contributed by atoms with E-state index in [0.717, 1.165) is 5.56 Å². The molecule has 1 aliphatic rings. The number of amidine groups is 1. The lowest BCUT2D eigenvalue weighted by molar-refractivity contribution is 0.0979. The molecule has 2 aromatic rings. The van der Waals surface area contributed by atoms with E-state index in [2.05, 4.69) is 10.3 Å².